The standard InChI is InChI=1S/C21H18ClF4N3/c22-16-9-8-14(21(24,25)26)12-19(16)29-20-15(6-3-4-10-27-20)18(28-29)11-13-5-1-2-7-17(13)23/h1-2,5,7-9,12,27H,3-4,6,10-11H2. The zero-order valence-electron chi connectivity index (χ0n) is 15.4. The molecule has 8 heteroatoms. The minimum absolute atomic E-state index is 0.145. The summed E-state index contributed by atoms with van der Waals surface area (Å²) in [4.78, 5) is 0. The van der Waals surface area contributed by atoms with Crippen LogP contribution in [0.1, 0.15) is 35.2 Å². The van der Waals surface area contributed by atoms with E-state index >= 15 is 0 Å². The summed E-state index contributed by atoms with van der Waals surface area (Å²) in [6.45, 7) is 0.675. The zero-order chi connectivity index (χ0) is 20.6. The molecule has 2 aromatic carbocycles. The molecule has 0 bridgehead atoms. The number of nitrogens with one attached hydrogen (secondary N) is 1. The Bertz CT molecular complexity index is 1040. The summed E-state index contributed by atoms with van der Waals surface area (Å²) in [7, 11) is 0. The summed E-state index contributed by atoms with van der Waals surface area (Å²) in [5.41, 5.74) is 1.35. The average Bonchev–Trinajstić information content (AvgIpc) is 2.85. The molecule has 3 nitrogen and oxygen atoms in total. The van der Waals surface area contributed by atoms with Gasteiger partial charge in [-0.05, 0) is 49.1 Å². The molecule has 0 radical (unpaired) electrons. The van der Waals surface area contributed by atoms with Crippen LogP contribution in [0.5, 0.6) is 0 Å². The first-order chi connectivity index (χ1) is 13.8. The molecule has 0 fully saturated rings. The van der Waals surface area contributed by atoms with Crippen LogP contribution in [0.15, 0.2) is 42.5 Å². The molecule has 1 N–H and O–H groups in total. The van der Waals surface area contributed by atoms with Crippen molar-refractivity contribution < 1.29 is 17.6 Å². The van der Waals surface area contributed by atoms with Crippen molar-refractivity contribution in [2.24, 2.45) is 0 Å². The van der Waals surface area contributed by atoms with Crippen LogP contribution in [0.25, 0.3) is 5.69 Å². The number of anilines is 1. The second-order valence-corrected chi connectivity index (χ2v) is 7.41. The fraction of sp³-hybridized carbons (Fsp3) is 0.286. The van der Waals surface area contributed by atoms with Crippen LogP contribution >= 0.6 is 11.6 Å². The maximum atomic E-state index is 14.2. The number of fused-ring (bicyclic) bond motifs is 1. The van der Waals surface area contributed by atoms with Crippen LogP contribution in [0.3, 0.4) is 0 Å². The van der Waals surface area contributed by atoms with Crippen molar-refractivity contribution in [2.75, 3.05) is 11.9 Å². The second-order valence-electron chi connectivity index (χ2n) is 7.00. The Kier molecular flexibility index (Phi) is 5.25. The van der Waals surface area contributed by atoms with Crippen LogP contribution in [0.2, 0.25) is 5.02 Å². The van der Waals surface area contributed by atoms with Gasteiger partial charge in [-0.1, -0.05) is 29.8 Å². The molecule has 4 rings (SSSR count). The van der Waals surface area contributed by atoms with Crippen molar-refractivity contribution in [3.8, 4) is 5.69 Å². The van der Waals surface area contributed by atoms with Crippen LogP contribution in [0, 0.1) is 5.82 Å². The van der Waals surface area contributed by atoms with Gasteiger partial charge in [0.15, 0.2) is 0 Å². The lowest BCUT2D eigenvalue weighted by molar-refractivity contribution is -0.137. The van der Waals surface area contributed by atoms with Crippen LogP contribution < -0.4 is 5.32 Å². The normalized spacial score (nSPS) is 14.2. The van der Waals surface area contributed by atoms with E-state index in [9.17, 15) is 17.6 Å². The number of rotatable bonds is 3. The predicted molar refractivity (Wildman–Crippen MR) is 104 cm³/mol. The van der Waals surface area contributed by atoms with Gasteiger partial charge in [0.2, 0.25) is 0 Å². The molecule has 29 heavy (non-hydrogen) atoms. The van der Waals surface area contributed by atoms with Gasteiger partial charge in [0.1, 0.15) is 11.6 Å². The summed E-state index contributed by atoms with van der Waals surface area (Å²) in [6, 6.07) is 9.59. The van der Waals surface area contributed by atoms with E-state index in [4.69, 9.17) is 11.6 Å². The van der Waals surface area contributed by atoms with Gasteiger partial charge in [-0.25, -0.2) is 9.07 Å². The number of hydrogen-bond acceptors (Lipinski definition) is 2. The molecule has 1 aliphatic heterocycles. The quantitative estimate of drug-likeness (QED) is 0.522. The number of aromatic nitrogens is 2. The smallest absolute Gasteiger partial charge is 0.370 e. The third kappa shape index (κ3) is 3.96. The molecule has 0 aliphatic carbocycles. The highest BCUT2D eigenvalue weighted by Gasteiger charge is 2.32. The van der Waals surface area contributed by atoms with Crippen LogP contribution in [-0.2, 0) is 19.0 Å². The van der Waals surface area contributed by atoms with E-state index in [0.717, 1.165) is 30.5 Å². The van der Waals surface area contributed by atoms with Gasteiger partial charge in [0.25, 0.3) is 0 Å². The van der Waals surface area contributed by atoms with Crippen molar-refractivity contribution in [3.05, 3.63) is 75.7 Å². The molecule has 0 atom stereocenters. The summed E-state index contributed by atoms with van der Waals surface area (Å²) >= 11 is 6.24. The predicted octanol–water partition coefficient (Wildman–Crippen LogP) is 6.02. The van der Waals surface area contributed by atoms with E-state index in [-0.39, 0.29) is 22.9 Å². The van der Waals surface area contributed by atoms with Gasteiger partial charge >= 0.3 is 6.18 Å². The van der Waals surface area contributed by atoms with Crippen LogP contribution in [-0.4, -0.2) is 16.3 Å². The lowest BCUT2D eigenvalue weighted by Crippen LogP contribution is -2.10. The van der Waals surface area contributed by atoms with Gasteiger partial charge in [-0.15, -0.1) is 0 Å². The largest absolute Gasteiger partial charge is 0.416 e. The molecule has 1 aromatic heterocycles. The number of alkyl halides is 3. The van der Waals surface area contributed by atoms with Crippen LogP contribution in [0.4, 0.5) is 23.4 Å². The maximum absolute atomic E-state index is 14.2. The Morgan fingerprint density at radius 3 is 2.66 bits per heavy atom. The van der Waals surface area contributed by atoms with Gasteiger partial charge in [0.05, 0.1) is 22.0 Å². The molecule has 0 saturated heterocycles. The van der Waals surface area contributed by atoms with Gasteiger partial charge < -0.3 is 5.32 Å². The highest BCUT2D eigenvalue weighted by Crippen LogP contribution is 2.36. The number of nitrogens with zero attached hydrogens (tertiary/aromatic N) is 2. The first-order valence-electron chi connectivity index (χ1n) is 9.30. The van der Waals surface area contributed by atoms with Gasteiger partial charge in [-0.2, -0.15) is 18.3 Å². The lowest BCUT2D eigenvalue weighted by Gasteiger charge is -2.13. The van der Waals surface area contributed by atoms with E-state index in [2.05, 4.69) is 10.4 Å². The fourth-order valence-electron chi connectivity index (χ4n) is 3.56. The first-order valence-corrected chi connectivity index (χ1v) is 9.67. The molecular formula is C21H18ClF4N3. The van der Waals surface area contributed by atoms with Crippen molar-refractivity contribution in [2.45, 2.75) is 31.9 Å². The minimum atomic E-state index is -4.49. The monoisotopic (exact) mass is 423 g/mol. The topological polar surface area (TPSA) is 29.9 Å². The van der Waals surface area contributed by atoms with Crippen molar-refractivity contribution >= 4 is 17.4 Å². The average molecular weight is 424 g/mol. The Balaban J connectivity index is 1.85. The summed E-state index contributed by atoms with van der Waals surface area (Å²) in [6.07, 6.45) is -1.70. The van der Waals surface area contributed by atoms with Crippen molar-refractivity contribution in [3.63, 3.8) is 0 Å². The molecule has 0 saturated carbocycles. The van der Waals surface area contributed by atoms with E-state index in [1.165, 1.54) is 16.8 Å². The SMILES string of the molecule is Fc1ccccc1Cc1nn(-c2cc(C(F)(F)F)ccc2Cl)c2c1CCCCN2. The number of hydrogen-bond donors (Lipinski definition) is 1. The van der Waals surface area contributed by atoms with E-state index in [1.54, 1.807) is 18.2 Å². The molecule has 3 aromatic rings. The Labute approximate surface area is 170 Å². The second kappa shape index (κ2) is 7.71. The molecule has 0 amide bonds. The molecule has 152 valence electrons. The van der Waals surface area contributed by atoms with E-state index < -0.39 is 11.7 Å². The minimum Gasteiger partial charge on any atom is -0.370 e. The highest BCUT2D eigenvalue weighted by atomic mass is 35.5. The third-order valence-corrected chi connectivity index (χ3v) is 5.35. The maximum Gasteiger partial charge on any atom is 0.416 e. The molecular weight excluding hydrogens is 406 g/mol. The fourth-order valence-corrected chi connectivity index (χ4v) is 3.76. The lowest BCUT2D eigenvalue weighted by atomic mass is 10.0. The van der Waals surface area contributed by atoms with Gasteiger partial charge in [0, 0.05) is 18.5 Å². The van der Waals surface area contributed by atoms with Gasteiger partial charge in [-0.3, -0.25) is 0 Å². The molecule has 0 unspecified atom stereocenters. The van der Waals surface area contributed by atoms with Crippen molar-refractivity contribution in [1.82, 2.24) is 9.78 Å². The number of halogens is 5. The Hall–Kier alpha value is -2.54. The Morgan fingerprint density at radius 2 is 1.90 bits per heavy atom. The van der Waals surface area contributed by atoms with E-state index in [1.807, 2.05) is 0 Å². The summed E-state index contributed by atoms with van der Waals surface area (Å²) < 4.78 is 55.3. The van der Waals surface area contributed by atoms with E-state index in [0.29, 0.717) is 30.0 Å². The highest BCUT2D eigenvalue weighted by molar-refractivity contribution is 6.32. The molecule has 1 aliphatic rings. The molecule has 0 spiro atoms. The summed E-state index contributed by atoms with van der Waals surface area (Å²) in [5.74, 6) is 0.282. The third-order valence-electron chi connectivity index (χ3n) is 5.03. The van der Waals surface area contributed by atoms with Crippen molar-refractivity contribution in [1.29, 1.82) is 0 Å². The summed E-state index contributed by atoms with van der Waals surface area (Å²) in [5, 5.41) is 7.98. The Morgan fingerprint density at radius 1 is 1.10 bits per heavy atom. The first kappa shape index (κ1) is 19.8. The number of benzene rings is 2. The molecule has 2 heterocycles. The zero-order valence-corrected chi connectivity index (χ0v) is 16.1.